The van der Waals surface area contributed by atoms with Crippen molar-refractivity contribution >= 4 is 17.4 Å². The SMILES string of the molecule is C=C(C=C(C=O)c1ccc(F)cc1)c1nnn(C)n1. The van der Waals surface area contributed by atoms with E-state index >= 15 is 0 Å². The van der Waals surface area contributed by atoms with Gasteiger partial charge in [-0.15, -0.1) is 10.2 Å². The molecule has 0 spiro atoms. The van der Waals surface area contributed by atoms with E-state index in [4.69, 9.17) is 0 Å². The summed E-state index contributed by atoms with van der Waals surface area (Å²) in [6, 6.07) is 5.62. The summed E-state index contributed by atoms with van der Waals surface area (Å²) in [6.45, 7) is 3.78. The zero-order chi connectivity index (χ0) is 13.8. The second-order valence-corrected chi connectivity index (χ2v) is 3.85. The van der Waals surface area contributed by atoms with Gasteiger partial charge < -0.3 is 0 Å². The summed E-state index contributed by atoms with van der Waals surface area (Å²) in [5, 5.41) is 11.5. The van der Waals surface area contributed by atoms with E-state index in [9.17, 15) is 9.18 Å². The van der Waals surface area contributed by atoms with Gasteiger partial charge in [0.25, 0.3) is 0 Å². The molecule has 96 valence electrons. The minimum atomic E-state index is -0.358. The number of allylic oxidation sites excluding steroid dienone is 3. The molecular formula is C13H11FN4O. The fourth-order valence-corrected chi connectivity index (χ4v) is 1.49. The first-order valence-electron chi connectivity index (χ1n) is 5.46. The summed E-state index contributed by atoms with van der Waals surface area (Å²) < 4.78 is 12.8. The van der Waals surface area contributed by atoms with Gasteiger partial charge in [0.2, 0.25) is 5.82 Å². The number of aldehydes is 1. The van der Waals surface area contributed by atoms with E-state index in [1.54, 1.807) is 7.05 Å². The second-order valence-electron chi connectivity index (χ2n) is 3.85. The molecule has 19 heavy (non-hydrogen) atoms. The van der Waals surface area contributed by atoms with Gasteiger partial charge in [-0.2, -0.15) is 4.80 Å². The molecular weight excluding hydrogens is 247 g/mol. The first kappa shape index (κ1) is 12.8. The summed E-state index contributed by atoms with van der Waals surface area (Å²) in [5.41, 5.74) is 1.43. The Morgan fingerprint density at radius 2 is 2.05 bits per heavy atom. The normalized spacial score (nSPS) is 11.4. The van der Waals surface area contributed by atoms with Gasteiger partial charge in [-0.3, -0.25) is 4.79 Å². The Labute approximate surface area is 109 Å². The van der Waals surface area contributed by atoms with Crippen molar-refractivity contribution in [2.75, 3.05) is 0 Å². The van der Waals surface area contributed by atoms with Gasteiger partial charge in [0.15, 0.2) is 6.29 Å². The van der Waals surface area contributed by atoms with Crippen LogP contribution in [-0.4, -0.2) is 26.5 Å². The molecule has 0 saturated heterocycles. The lowest BCUT2D eigenvalue weighted by Gasteiger charge is -2.00. The number of aryl methyl sites for hydroxylation is 1. The maximum Gasteiger partial charge on any atom is 0.204 e. The molecule has 1 heterocycles. The number of rotatable bonds is 4. The molecule has 0 fully saturated rings. The monoisotopic (exact) mass is 258 g/mol. The van der Waals surface area contributed by atoms with Gasteiger partial charge in [-0.05, 0) is 29.0 Å². The van der Waals surface area contributed by atoms with E-state index in [1.165, 1.54) is 35.1 Å². The van der Waals surface area contributed by atoms with Crippen molar-refractivity contribution in [3.05, 3.63) is 54.1 Å². The zero-order valence-corrected chi connectivity index (χ0v) is 10.2. The molecule has 0 saturated carbocycles. The third-order valence-corrected chi connectivity index (χ3v) is 2.43. The molecule has 0 aliphatic rings. The van der Waals surface area contributed by atoms with E-state index in [2.05, 4.69) is 22.0 Å². The number of halogens is 1. The maximum absolute atomic E-state index is 12.8. The van der Waals surface area contributed by atoms with Gasteiger partial charge in [-0.1, -0.05) is 18.7 Å². The Balaban J connectivity index is 2.31. The van der Waals surface area contributed by atoms with Crippen LogP contribution in [0.1, 0.15) is 11.4 Å². The Morgan fingerprint density at radius 1 is 1.37 bits per heavy atom. The van der Waals surface area contributed by atoms with Crippen LogP contribution in [0.2, 0.25) is 0 Å². The lowest BCUT2D eigenvalue weighted by molar-refractivity contribution is -0.103. The number of tetrazole rings is 1. The highest BCUT2D eigenvalue weighted by Crippen LogP contribution is 2.17. The Morgan fingerprint density at radius 3 is 2.58 bits per heavy atom. The highest BCUT2D eigenvalue weighted by Gasteiger charge is 2.06. The van der Waals surface area contributed by atoms with Crippen molar-refractivity contribution in [1.29, 1.82) is 0 Å². The molecule has 2 aromatic rings. The molecule has 0 bridgehead atoms. The van der Waals surface area contributed by atoms with Crippen LogP contribution in [0.5, 0.6) is 0 Å². The minimum absolute atomic E-state index is 0.337. The fourth-order valence-electron chi connectivity index (χ4n) is 1.49. The predicted molar refractivity (Wildman–Crippen MR) is 68.3 cm³/mol. The fraction of sp³-hybridized carbons (Fsp3) is 0.0769. The molecule has 0 aliphatic carbocycles. The standard InChI is InChI=1S/C13H11FN4O/c1-9(13-15-17-18(2)16-13)7-11(8-19)10-3-5-12(14)6-4-10/h3-8H,1H2,2H3. The van der Waals surface area contributed by atoms with Gasteiger partial charge in [0, 0.05) is 11.1 Å². The average Bonchev–Trinajstić information content (AvgIpc) is 2.84. The Bertz CT molecular complexity index is 643. The van der Waals surface area contributed by atoms with E-state index in [1.807, 2.05) is 0 Å². The second kappa shape index (κ2) is 5.34. The number of carbonyl (C=O) groups excluding carboxylic acids is 1. The molecule has 0 atom stereocenters. The molecule has 0 radical (unpaired) electrons. The predicted octanol–water partition coefficient (Wildman–Crippen LogP) is 1.64. The third kappa shape index (κ3) is 2.98. The van der Waals surface area contributed by atoms with E-state index in [0.29, 0.717) is 28.8 Å². The van der Waals surface area contributed by atoms with Crippen molar-refractivity contribution in [1.82, 2.24) is 20.2 Å². The van der Waals surface area contributed by atoms with E-state index in [0.717, 1.165) is 0 Å². The number of benzene rings is 1. The molecule has 0 amide bonds. The van der Waals surface area contributed by atoms with E-state index < -0.39 is 0 Å². The number of nitrogens with zero attached hydrogens (tertiary/aromatic N) is 4. The summed E-state index contributed by atoms with van der Waals surface area (Å²) >= 11 is 0. The number of hydrogen-bond donors (Lipinski definition) is 0. The first-order chi connectivity index (χ1) is 9.10. The van der Waals surface area contributed by atoms with Crippen LogP contribution >= 0.6 is 0 Å². The van der Waals surface area contributed by atoms with Gasteiger partial charge in [-0.25, -0.2) is 4.39 Å². The third-order valence-electron chi connectivity index (χ3n) is 2.43. The molecule has 0 N–H and O–H groups in total. The first-order valence-corrected chi connectivity index (χ1v) is 5.46. The maximum atomic E-state index is 12.8. The van der Waals surface area contributed by atoms with Crippen molar-refractivity contribution in [3.8, 4) is 0 Å². The van der Waals surface area contributed by atoms with Crippen molar-refractivity contribution in [2.45, 2.75) is 0 Å². The largest absolute Gasteiger partial charge is 0.298 e. The Kier molecular flexibility index (Phi) is 3.61. The molecule has 2 rings (SSSR count). The summed E-state index contributed by atoms with van der Waals surface area (Å²) in [5.74, 6) is -0.0209. The number of hydrogen-bond acceptors (Lipinski definition) is 4. The smallest absolute Gasteiger partial charge is 0.204 e. The summed E-state index contributed by atoms with van der Waals surface area (Å²) in [6.07, 6.45) is 2.21. The topological polar surface area (TPSA) is 60.7 Å². The average molecular weight is 258 g/mol. The highest BCUT2D eigenvalue weighted by atomic mass is 19.1. The lowest BCUT2D eigenvalue weighted by Crippen LogP contribution is -1.93. The quantitative estimate of drug-likeness (QED) is 0.475. The summed E-state index contributed by atoms with van der Waals surface area (Å²) in [4.78, 5) is 12.4. The Hall–Kier alpha value is -2.63. The lowest BCUT2D eigenvalue weighted by atomic mass is 10.0. The molecule has 5 nitrogen and oxygen atoms in total. The molecule has 0 aliphatic heterocycles. The van der Waals surface area contributed by atoms with Crippen LogP contribution in [-0.2, 0) is 11.8 Å². The van der Waals surface area contributed by atoms with Crippen molar-refractivity contribution in [3.63, 3.8) is 0 Å². The van der Waals surface area contributed by atoms with Gasteiger partial charge >= 0.3 is 0 Å². The molecule has 6 heteroatoms. The van der Waals surface area contributed by atoms with Crippen LogP contribution in [0.3, 0.4) is 0 Å². The van der Waals surface area contributed by atoms with Crippen LogP contribution in [0.4, 0.5) is 4.39 Å². The van der Waals surface area contributed by atoms with Crippen LogP contribution in [0, 0.1) is 5.82 Å². The van der Waals surface area contributed by atoms with Gasteiger partial charge in [0.1, 0.15) is 5.82 Å². The van der Waals surface area contributed by atoms with Gasteiger partial charge in [0.05, 0.1) is 7.05 Å². The zero-order valence-electron chi connectivity index (χ0n) is 10.2. The van der Waals surface area contributed by atoms with E-state index in [-0.39, 0.29) is 5.82 Å². The molecule has 0 unspecified atom stereocenters. The van der Waals surface area contributed by atoms with Crippen LogP contribution < -0.4 is 0 Å². The van der Waals surface area contributed by atoms with Crippen LogP contribution in [0.25, 0.3) is 11.1 Å². The number of carbonyl (C=O) groups is 1. The number of aromatic nitrogens is 4. The van der Waals surface area contributed by atoms with Crippen molar-refractivity contribution in [2.24, 2.45) is 7.05 Å². The molecule has 1 aromatic carbocycles. The van der Waals surface area contributed by atoms with Crippen LogP contribution in [0.15, 0.2) is 36.9 Å². The highest BCUT2D eigenvalue weighted by molar-refractivity contribution is 6.09. The van der Waals surface area contributed by atoms with Crippen molar-refractivity contribution < 1.29 is 9.18 Å². The summed E-state index contributed by atoms with van der Waals surface area (Å²) in [7, 11) is 1.63. The molecule has 1 aromatic heterocycles. The minimum Gasteiger partial charge on any atom is -0.298 e.